The van der Waals surface area contributed by atoms with Crippen LogP contribution < -0.4 is 15.0 Å². The number of aryl methyl sites for hydroxylation is 1. The van der Waals surface area contributed by atoms with Crippen molar-refractivity contribution in [3.8, 4) is 5.75 Å². The third kappa shape index (κ3) is 3.89. The van der Waals surface area contributed by atoms with Crippen LogP contribution in [0.25, 0.3) is 0 Å². The lowest BCUT2D eigenvalue weighted by Crippen LogP contribution is -2.52. The number of nitrogens with zero attached hydrogens (tertiary/aromatic N) is 2. The summed E-state index contributed by atoms with van der Waals surface area (Å²) in [5.41, 5.74) is 1.97. The molecule has 146 valence electrons. The highest BCUT2D eigenvalue weighted by atomic mass is 16.5. The van der Waals surface area contributed by atoms with Crippen LogP contribution in [0.5, 0.6) is 5.75 Å². The highest BCUT2D eigenvalue weighted by molar-refractivity contribution is 5.94. The van der Waals surface area contributed by atoms with Gasteiger partial charge >= 0.3 is 6.03 Å². The van der Waals surface area contributed by atoms with Gasteiger partial charge in [-0.3, -0.25) is 9.69 Å². The van der Waals surface area contributed by atoms with Crippen molar-refractivity contribution in [2.75, 3.05) is 24.5 Å². The fraction of sp³-hybridized carbons (Fsp3) is 0.619. The fourth-order valence-corrected chi connectivity index (χ4v) is 3.90. The van der Waals surface area contributed by atoms with Crippen LogP contribution in [0, 0.1) is 12.8 Å². The minimum absolute atomic E-state index is 0.0195. The Bertz CT molecular complexity index is 723. The summed E-state index contributed by atoms with van der Waals surface area (Å²) in [5.74, 6) is 0.992. The zero-order valence-electron chi connectivity index (χ0n) is 16.2. The van der Waals surface area contributed by atoms with Gasteiger partial charge in [0.1, 0.15) is 11.9 Å². The van der Waals surface area contributed by atoms with E-state index in [0.717, 1.165) is 49.1 Å². The first-order chi connectivity index (χ1) is 13.0. The number of carbonyl (C=O) groups excluding carboxylic acids is 2. The van der Waals surface area contributed by atoms with Gasteiger partial charge in [-0.2, -0.15) is 0 Å². The topological polar surface area (TPSA) is 61.9 Å². The number of anilines is 1. The van der Waals surface area contributed by atoms with E-state index in [4.69, 9.17) is 4.74 Å². The number of rotatable bonds is 3. The van der Waals surface area contributed by atoms with Gasteiger partial charge in [-0.05, 0) is 56.7 Å². The first-order valence-corrected chi connectivity index (χ1v) is 10.2. The number of urea groups is 1. The number of ether oxygens (including phenoxy) is 1. The Labute approximate surface area is 160 Å². The normalized spacial score (nSPS) is 22.8. The maximum Gasteiger partial charge on any atom is 0.324 e. The minimum atomic E-state index is 0.0195. The highest BCUT2D eigenvalue weighted by Crippen LogP contribution is 2.36. The molecule has 1 aliphatic carbocycles. The second kappa shape index (κ2) is 7.41. The van der Waals surface area contributed by atoms with Crippen LogP contribution in [0.3, 0.4) is 0 Å². The van der Waals surface area contributed by atoms with Crippen molar-refractivity contribution in [1.82, 2.24) is 10.2 Å². The molecule has 1 saturated carbocycles. The van der Waals surface area contributed by atoms with Gasteiger partial charge in [0.15, 0.2) is 0 Å². The summed E-state index contributed by atoms with van der Waals surface area (Å²) in [6.45, 7) is 5.96. The van der Waals surface area contributed by atoms with E-state index in [1.54, 1.807) is 0 Å². The van der Waals surface area contributed by atoms with E-state index in [1.165, 1.54) is 0 Å². The molecule has 2 aliphatic heterocycles. The second-order valence-electron chi connectivity index (χ2n) is 8.06. The van der Waals surface area contributed by atoms with Crippen LogP contribution in [-0.2, 0) is 4.79 Å². The maximum absolute atomic E-state index is 13.2. The van der Waals surface area contributed by atoms with Crippen LogP contribution in [-0.4, -0.2) is 48.6 Å². The number of piperidine rings is 1. The molecule has 1 N–H and O–H groups in total. The van der Waals surface area contributed by atoms with Crippen molar-refractivity contribution in [1.29, 1.82) is 0 Å². The average Bonchev–Trinajstić information content (AvgIpc) is 3.50. The third-order valence-electron chi connectivity index (χ3n) is 5.83. The Morgan fingerprint density at radius 2 is 1.93 bits per heavy atom. The van der Waals surface area contributed by atoms with Crippen molar-refractivity contribution < 1.29 is 14.3 Å². The Hall–Kier alpha value is -2.24. The molecule has 3 aliphatic rings. The Kier molecular flexibility index (Phi) is 4.98. The number of nitrogens with one attached hydrogen (secondary N) is 1. The van der Waals surface area contributed by atoms with Crippen molar-refractivity contribution >= 4 is 17.6 Å². The summed E-state index contributed by atoms with van der Waals surface area (Å²) in [7, 11) is 0. The monoisotopic (exact) mass is 371 g/mol. The van der Waals surface area contributed by atoms with E-state index in [1.807, 2.05) is 34.9 Å². The van der Waals surface area contributed by atoms with E-state index in [-0.39, 0.29) is 24.0 Å². The summed E-state index contributed by atoms with van der Waals surface area (Å²) in [6.07, 6.45) is 4.58. The highest BCUT2D eigenvalue weighted by Gasteiger charge is 2.35. The van der Waals surface area contributed by atoms with Crippen molar-refractivity contribution in [3.63, 3.8) is 0 Å². The Morgan fingerprint density at radius 1 is 1.19 bits per heavy atom. The smallest absolute Gasteiger partial charge is 0.324 e. The van der Waals surface area contributed by atoms with E-state index < -0.39 is 0 Å². The largest absolute Gasteiger partial charge is 0.486 e. The third-order valence-corrected chi connectivity index (χ3v) is 5.83. The van der Waals surface area contributed by atoms with Crippen molar-refractivity contribution in [3.05, 3.63) is 23.8 Å². The lowest BCUT2D eigenvalue weighted by Gasteiger charge is -2.39. The summed E-state index contributed by atoms with van der Waals surface area (Å²) in [4.78, 5) is 29.3. The van der Waals surface area contributed by atoms with Crippen LogP contribution in [0.1, 0.15) is 44.6 Å². The molecule has 0 spiro atoms. The predicted octanol–water partition coefficient (Wildman–Crippen LogP) is 3.08. The van der Waals surface area contributed by atoms with E-state index in [0.29, 0.717) is 25.7 Å². The SMILES string of the molecule is CC[C@@H]1CN(C(=O)N2CCC(C(=O)NC3CC3)CC2)c2cc(C)ccc2O1. The molecule has 0 aromatic heterocycles. The zero-order valence-corrected chi connectivity index (χ0v) is 16.2. The van der Waals surface area contributed by atoms with Crippen LogP contribution in [0.2, 0.25) is 0 Å². The molecule has 27 heavy (non-hydrogen) atoms. The van der Waals surface area contributed by atoms with Gasteiger partial charge in [0.05, 0.1) is 12.2 Å². The quantitative estimate of drug-likeness (QED) is 0.888. The number of hydrogen-bond acceptors (Lipinski definition) is 3. The van der Waals surface area contributed by atoms with Crippen LogP contribution in [0.4, 0.5) is 10.5 Å². The molecule has 1 atom stereocenters. The molecular weight excluding hydrogens is 342 g/mol. The molecular formula is C21H29N3O3. The van der Waals surface area contributed by atoms with Gasteiger partial charge in [-0.1, -0.05) is 13.0 Å². The van der Waals surface area contributed by atoms with Gasteiger partial charge in [-0.15, -0.1) is 0 Å². The van der Waals surface area contributed by atoms with Gasteiger partial charge in [0, 0.05) is 25.0 Å². The zero-order chi connectivity index (χ0) is 19.0. The van der Waals surface area contributed by atoms with E-state index in [9.17, 15) is 9.59 Å². The molecule has 0 radical (unpaired) electrons. The number of benzene rings is 1. The van der Waals surface area contributed by atoms with E-state index >= 15 is 0 Å². The maximum atomic E-state index is 13.2. The molecule has 1 aromatic rings. The Balaban J connectivity index is 1.43. The molecule has 3 amide bonds. The number of fused-ring (bicyclic) bond motifs is 1. The average molecular weight is 371 g/mol. The summed E-state index contributed by atoms with van der Waals surface area (Å²) >= 11 is 0. The number of hydrogen-bond donors (Lipinski definition) is 1. The number of likely N-dealkylation sites (tertiary alicyclic amines) is 1. The van der Waals surface area contributed by atoms with E-state index in [2.05, 4.69) is 12.2 Å². The van der Waals surface area contributed by atoms with Crippen LogP contribution >= 0.6 is 0 Å². The van der Waals surface area contributed by atoms with Gasteiger partial charge in [-0.25, -0.2) is 4.79 Å². The molecule has 6 heteroatoms. The first-order valence-electron chi connectivity index (χ1n) is 10.2. The molecule has 2 heterocycles. The summed E-state index contributed by atoms with van der Waals surface area (Å²) < 4.78 is 6.03. The molecule has 1 saturated heterocycles. The minimum Gasteiger partial charge on any atom is -0.486 e. The van der Waals surface area contributed by atoms with Crippen molar-refractivity contribution in [2.24, 2.45) is 5.92 Å². The first kappa shape index (κ1) is 18.1. The van der Waals surface area contributed by atoms with Gasteiger partial charge in [0.25, 0.3) is 0 Å². The second-order valence-corrected chi connectivity index (χ2v) is 8.06. The molecule has 0 unspecified atom stereocenters. The standard InChI is InChI=1S/C21H29N3O3/c1-3-17-13-24(18-12-14(2)4-7-19(18)27-17)21(26)23-10-8-15(9-11-23)20(25)22-16-5-6-16/h4,7,12,15-17H,3,5-6,8-11,13H2,1-2H3,(H,22,25)/t17-/m1/s1. The fourth-order valence-electron chi connectivity index (χ4n) is 3.90. The van der Waals surface area contributed by atoms with Crippen molar-refractivity contribution in [2.45, 2.75) is 58.1 Å². The molecule has 4 rings (SSSR count). The van der Waals surface area contributed by atoms with Gasteiger partial charge < -0.3 is 15.0 Å². The molecule has 6 nitrogen and oxygen atoms in total. The summed E-state index contributed by atoms with van der Waals surface area (Å²) in [6, 6.07) is 6.43. The lowest BCUT2D eigenvalue weighted by molar-refractivity contribution is -0.126. The van der Waals surface area contributed by atoms with Gasteiger partial charge in [0.2, 0.25) is 5.91 Å². The molecule has 1 aromatic carbocycles. The lowest BCUT2D eigenvalue weighted by atomic mass is 9.96. The predicted molar refractivity (Wildman–Crippen MR) is 104 cm³/mol. The molecule has 0 bridgehead atoms. The Morgan fingerprint density at radius 3 is 2.59 bits per heavy atom. The molecule has 2 fully saturated rings. The number of carbonyl (C=O) groups is 2. The number of amides is 3. The van der Waals surface area contributed by atoms with Crippen LogP contribution in [0.15, 0.2) is 18.2 Å². The summed E-state index contributed by atoms with van der Waals surface area (Å²) in [5, 5.41) is 3.09.